The van der Waals surface area contributed by atoms with Crippen LogP contribution in [0.3, 0.4) is 0 Å². The molecule has 0 saturated heterocycles. The minimum atomic E-state index is 0.237. The molecule has 7 heteroatoms. The maximum Gasteiger partial charge on any atom is 0.231 e. The monoisotopic (exact) mass is 338 g/mol. The van der Waals surface area contributed by atoms with E-state index in [0.717, 1.165) is 28.4 Å². The van der Waals surface area contributed by atoms with Crippen LogP contribution in [0.15, 0.2) is 40.9 Å². The van der Waals surface area contributed by atoms with Crippen LogP contribution in [0.5, 0.6) is 23.0 Å². The molecule has 3 heterocycles. The molecule has 0 atom stereocenters. The van der Waals surface area contributed by atoms with E-state index >= 15 is 0 Å². The van der Waals surface area contributed by atoms with E-state index in [0.29, 0.717) is 37.1 Å². The van der Waals surface area contributed by atoms with Crippen molar-refractivity contribution in [2.24, 2.45) is 0 Å². The molecule has 1 aromatic heterocycles. The summed E-state index contributed by atoms with van der Waals surface area (Å²) < 4.78 is 27.2. The molecule has 3 aromatic rings. The lowest BCUT2D eigenvalue weighted by molar-refractivity contribution is 0.171. The standard InChI is InChI=1S/C18H14N2O5/c1-3-13-15(22-6-5-21-13)7-11(1)8-17-19-18(20-25-17)12-2-4-14-16(9-12)24-10-23-14/h1-4,7,9H,5-6,8,10H2. The first-order valence-electron chi connectivity index (χ1n) is 7.96. The van der Waals surface area contributed by atoms with Gasteiger partial charge in [0.25, 0.3) is 0 Å². The largest absolute Gasteiger partial charge is 0.486 e. The fourth-order valence-electron chi connectivity index (χ4n) is 2.85. The molecule has 2 aliphatic heterocycles. The van der Waals surface area contributed by atoms with Crippen LogP contribution < -0.4 is 18.9 Å². The van der Waals surface area contributed by atoms with Gasteiger partial charge in [0.2, 0.25) is 18.5 Å². The Bertz CT molecular complexity index is 937. The van der Waals surface area contributed by atoms with E-state index in [-0.39, 0.29) is 6.79 Å². The van der Waals surface area contributed by atoms with Crippen molar-refractivity contribution in [2.45, 2.75) is 6.42 Å². The Labute approximate surface area is 143 Å². The topological polar surface area (TPSA) is 75.8 Å². The average molecular weight is 338 g/mol. The molecule has 2 aromatic carbocycles. The van der Waals surface area contributed by atoms with Crippen LogP contribution in [0.2, 0.25) is 0 Å². The Hall–Kier alpha value is -3.22. The van der Waals surface area contributed by atoms with Crippen LogP contribution in [0.4, 0.5) is 0 Å². The smallest absolute Gasteiger partial charge is 0.231 e. The van der Waals surface area contributed by atoms with Crippen LogP contribution in [-0.4, -0.2) is 30.1 Å². The van der Waals surface area contributed by atoms with Gasteiger partial charge in [0.1, 0.15) is 13.2 Å². The van der Waals surface area contributed by atoms with Crippen molar-refractivity contribution in [1.82, 2.24) is 10.1 Å². The van der Waals surface area contributed by atoms with E-state index < -0.39 is 0 Å². The molecule has 0 radical (unpaired) electrons. The maximum atomic E-state index is 5.60. The zero-order valence-corrected chi connectivity index (χ0v) is 13.2. The maximum absolute atomic E-state index is 5.60. The minimum Gasteiger partial charge on any atom is -0.486 e. The number of hydrogen-bond donors (Lipinski definition) is 0. The molecular formula is C18H14N2O5. The molecular weight excluding hydrogens is 324 g/mol. The summed E-state index contributed by atoms with van der Waals surface area (Å²) in [5.41, 5.74) is 1.84. The number of rotatable bonds is 3. The third-order valence-electron chi connectivity index (χ3n) is 4.06. The summed E-state index contributed by atoms with van der Waals surface area (Å²) >= 11 is 0. The fourth-order valence-corrected chi connectivity index (χ4v) is 2.85. The quantitative estimate of drug-likeness (QED) is 0.727. The molecule has 7 nitrogen and oxygen atoms in total. The summed E-state index contributed by atoms with van der Waals surface area (Å²) in [4.78, 5) is 4.47. The zero-order chi connectivity index (χ0) is 16.6. The van der Waals surface area contributed by atoms with E-state index in [1.807, 2.05) is 36.4 Å². The Morgan fingerprint density at radius 2 is 1.56 bits per heavy atom. The van der Waals surface area contributed by atoms with Crippen molar-refractivity contribution in [1.29, 1.82) is 0 Å². The summed E-state index contributed by atoms with van der Waals surface area (Å²) in [7, 11) is 0. The lowest BCUT2D eigenvalue weighted by atomic mass is 10.1. The lowest BCUT2D eigenvalue weighted by Crippen LogP contribution is -2.15. The Balaban J connectivity index is 1.38. The Morgan fingerprint density at radius 3 is 2.52 bits per heavy atom. The van der Waals surface area contributed by atoms with Gasteiger partial charge in [0.05, 0.1) is 6.42 Å². The number of nitrogens with zero attached hydrogens (tertiary/aromatic N) is 2. The molecule has 0 saturated carbocycles. The normalized spacial score (nSPS) is 14.6. The molecule has 2 aliphatic rings. The summed E-state index contributed by atoms with van der Waals surface area (Å²) in [5.74, 6) is 3.98. The van der Waals surface area contributed by atoms with Gasteiger partial charge in [-0.25, -0.2) is 0 Å². The van der Waals surface area contributed by atoms with E-state index in [2.05, 4.69) is 10.1 Å². The summed E-state index contributed by atoms with van der Waals surface area (Å²) in [6, 6.07) is 11.4. The van der Waals surface area contributed by atoms with Crippen molar-refractivity contribution in [3.63, 3.8) is 0 Å². The molecule has 126 valence electrons. The van der Waals surface area contributed by atoms with Gasteiger partial charge >= 0.3 is 0 Å². The van der Waals surface area contributed by atoms with Crippen LogP contribution in [-0.2, 0) is 6.42 Å². The van der Waals surface area contributed by atoms with E-state index in [9.17, 15) is 0 Å². The number of hydrogen-bond acceptors (Lipinski definition) is 7. The van der Waals surface area contributed by atoms with Crippen molar-refractivity contribution in [2.75, 3.05) is 20.0 Å². The SMILES string of the molecule is c1cc2c(cc1Cc1nc(-c3ccc4c(c3)OCO4)no1)OCCO2. The molecule has 0 spiro atoms. The first-order valence-corrected chi connectivity index (χ1v) is 7.96. The Morgan fingerprint density at radius 1 is 0.800 bits per heavy atom. The van der Waals surface area contributed by atoms with Gasteiger partial charge in [-0.3, -0.25) is 0 Å². The van der Waals surface area contributed by atoms with Crippen molar-refractivity contribution >= 4 is 0 Å². The highest BCUT2D eigenvalue weighted by molar-refractivity contribution is 5.61. The van der Waals surface area contributed by atoms with Gasteiger partial charge in [-0.05, 0) is 35.9 Å². The zero-order valence-electron chi connectivity index (χ0n) is 13.2. The van der Waals surface area contributed by atoms with Gasteiger partial charge in [-0.2, -0.15) is 4.98 Å². The molecule has 0 bridgehead atoms. The fraction of sp³-hybridized carbons (Fsp3) is 0.222. The molecule has 0 aliphatic carbocycles. The van der Waals surface area contributed by atoms with Crippen molar-refractivity contribution in [3.05, 3.63) is 47.9 Å². The predicted molar refractivity (Wildman–Crippen MR) is 86.1 cm³/mol. The highest BCUT2D eigenvalue weighted by Crippen LogP contribution is 2.35. The molecule has 0 fully saturated rings. The van der Waals surface area contributed by atoms with Gasteiger partial charge in [0, 0.05) is 5.56 Å². The van der Waals surface area contributed by atoms with Gasteiger partial charge < -0.3 is 23.5 Å². The lowest BCUT2D eigenvalue weighted by Gasteiger charge is -2.18. The first kappa shape index (κ1) is 14.2. The highest BCUT2D eigenvalue weighted by atomic mass is 16.7. The van der Waals surface area contributed by atoms with Crippen molar-refractivity contribution < 1.29 is 23.5 Å². The van der Waals surface area contributed by atoms with E-state index in [1.165, 1.54) is 0 Å². The van der Waals surface area contributed by atoms with Crippen LogP contribution >= 0.6 is 0 Å². The molecule has 0 N–H and O–H groups in total. The first-order chi connectivity index (χ1) is 12.3. The number of aromatic nitrogens is 2. The second kappa shape index (κ2) is 5.70. The summed E-state index contributed by atoms with van der Waals surface area (Å²) in [5, 5.41) is 4.06. The third kappa shape index (κ3) is 2.63. The molecule has 0 unspecified atom stereocenters. The second-order valence-electron chi connectivity index (χ2n) is 5.73. The van der Waals surface area contributed by atoms with Crippen LogP contribution in [0.25, 0.3) is 11.4 Å². The van der Waals surface area contributed by atoms with E-state index in [4.69, 9.17) is 23.5 Å². The minimum absolute atomic E-state index is 0.237. The summed E-state index contributed by atoms with van der Waals surface area (Å²) in [6.45, 7) is 1.38. The number of benzene rings is 2. The van der Waals surface area contributed by atoms with Crippen molar-refractivity contribution in [3.8, 4) is 34.4 Å². The third-order valence-corrected chi connectivity index (χ3v) is 4.06. The molecule has 0 amide bonds. The molecule has 25 heavy (non-hydrogen) atoms. The van der Waals surface area contributed by atoms with Gasteiger partial charge in [-0.15, -0.1) is 0 Å². The van der Waals surface area contributed by atoms with Gasteiger partial charge in [0.15, 0.2) is 23.0 Å². The average Bonchev–Trinajstić information content (AvgIpc) is 3.30. The second-order valence-corrected chi connectivity index (χ2v) is 5.73. The Kier molecular flexibility index (Phi) is 3.22. The van der Waals surface area contributed by atoms with Gasteiger partial charge in [-0.1, -0.05) is 11.2 Å². The number of fused-ring (bicyclic) bond motifs is 2. The van der Waals surface area contributed by atoms with Crippen LogP contribution in [0.1, 0.15) is 11.5 Å². The predicted octanol–water partition coefficient (Wildman–Crippen LogP) is 2.83. The van der Waals surface area contributed by atoms with E-state index in [1.54, 1.807) is 0 Å². The highest BCUT2D eigenvalue weighted by Gasteiger charge is 2.17. The molecule has 5 rings (SSSR count). The van der Waals surface area contributed by atoms with Crippen LogP contribution in [0, 0.1) is 0 Å². The summed E-state index contributed by atoms with van der Waals surface area (Å²) in [6.07, 6.45) is 0.522. The number of ether oxygens (including phenoxy) is 4.